The van der Waals surface area contributed by atoms with Gasteiger partial charge in [-0.2, -0.15) is 0 Å². The Balaban J connectivity index is 1.91. The number of hydrogen-bond donors (Lipinski definition) is 0. The molecule has 6 heteroatoms. The molecule has 0 saturated carbocycles. The number of hydrogen-bond acceptors (Lipinski definition) is 5. The maximum absolute atomic E-state index is 12.1. The third kappa shape index (κ3) is 3.91. The average molecular weight is 402 g/mol. The van der Waals surface area contributed by atoms with Crippen LogP contribution < -0.4 is 9.47 Å². The second-order valence-corrected chi connectivity index (χ2v) is 6.10. The third-order valence-corrected chi connectivity index (χ3v) is 4.00. The number of rotatable bonds is 5. The van der Waals surface area contributed by atoms with E-state index in [1.807, 2.05) is 37.3 Å². The van der Waals surface area contributed by atoms with Crippen LogP contribution in [0.5, 0.6) is 11.5 Å². The molecule has 0 bridgehead atoms. The van der Waals surface area contributed by atoms with E-state index in [0.717, 1.165) is 15.8 Å². The van der Waals surface area contributed by atoms with Gasteiger partial charge in [0.25, 0.3) is 0 Å². The summed E-state index contributed by atoms with van der Waals surface area (Å²) in [5.41, 5.74) is 1.68. The molecule has 5 nitrogen and oxygen atoms in total. The first-order valence-electron chi connectivity index (χ1n) is 7.70. The van der Waals surface area contributed by atoms with E-state index >= 15 is 0 Å². The number of carbonyl (C=O) groups is 1. The number of benzene rings is 2. The van der Waals surface area contributed by atoms with Crippen LogP contribution in [-0.2, 0) is 9.53 Å². The maximum Gasteiger partial charge on any atom is 0.363 e. The van der Waals surface area contributed by atoms with Gasteiger partial charge in [-0.15, -0.1) is 0 Å². The Morgan fingerprint density at radius 1 is 1.20 bits per heavy atom. The predicted molar refractivity (Wildman–Crippen MR) is 98.9 cm³/mol. The summed E-state index contributed by atoms with van der Waals surface area (Å²) in [6.45, 7) is 2.53. The van der Waals surface area contributed by atoms with Gasteiger partial charge in [-0.1, -0.05) is 28.1 Å². The Hall–Kier alpha value is -2.60. The van der Waals surface area contributed by atoms with Gasteiger partial charge in [0.05, 0.1) is 19.3 Å². The predicted octanol–water partition coefficient (Wildman–Crippen LogP) is 4.20. The molecule has 128 valence electrons. The Bertz CT molecular complexity index is 856. The molecule has 2 aromatic carbocycles. The molecule has 0 unspecified atom stereocenters. The number of methoxy groups -OCH3 is 1. The quantitative estimate of drug-likeness (QED) is 0.556. The van der Waals surface area contributed by atoms with Crippen molar-refractivity contribution in [2.45, 2.75) is 6.92 Å². The van der Waals surface area contributed by atoms with E-state index in [4.69, 9.17) is 14.2 Å². The van der Waals surface area contributed by atoms with E-state index in [1.165, 1.54) is 0 Å². The zero-order valence-corrected chi connectivity index (χ0v) is 15.4. The molecule has 1 aliphatic heterocycles. The zero-order chi connectivity index (χ0) is 17.8. The summed E-state index contributed by atoms with van der Waals surface area (Å²) in [6, 6.07) is 12.8. The lowest BCUT2D eigenvalue weighted by Crippen LogP contribution is -2.07. The van der Waals surface area contributed by atoms with Crippen LogP contribution in [0.2, 0.25) is 0 Å². The largest absolute Gasteiger partial charge is 0.496 e. The minimum absolute atomic E-state index is 0.223. The van der Waals surface area contributed by atoms with Crippen molar-refractivity contribution >= 4 is 33.9 Å². The number of carbonyl (C=O) groups excluding carboxylic acids is 1. The molecule has 0 saturated heterocycles. The van der Waals surface area contributed by atoms with Crippen LogP contribution in [0.25, 0.3) is 6.08 Å². The van der Waals surface area contributed by atoms with Gasteiger partial charge in [0.15, 0.2) is 5.70 Å². The van der Waals surface area contributed by atoms with Gasteiger partial charge in [0.1, 0.15) is 11.5 Å². The molecule has 0 spiro atoms. The van der Waals surface area contributed by atoms with Crippen molar-refractivity contribution in [1.82, 2.24) is 0 Å². The molecule has 25 heavy (non-hydrogen) atoms. The molecule has 2 aromatic rings. The second kappa shape index (κ2) is 7.53. The van der Waals surface area contributed by atoms with E-state index in [9.17, 15) is 4.79 Å². The van der Waals surface area contributed by atoms with Crippen molar-refractivity contribution in [1.29, 1.82) is 0 Å². The summed E-state index contributed by atoms with van der Waals surface area (Å²) in [5.74, 6) is 1.09. The fraction of sp³-hybridized carbons (Fsp3) is 0.158. The van der Waals surface area contributed by atoms with Crippen molar-refractivity contribution in [3.05, 3.63) is 63.8 Å². The molecule has 1 heterocycles. The van der Waals surface area contributed by atoms with Gasteiger partial charge in [-0.05, 0) is 48.9 Å². The van der Waals surface area contributed by atoms with Gasteiger partial charge in [-0.3, -0.25) is 0 Å². The highest BCUT2D eigenvalue weighted by molar-refractivity contribution is 9.10. The van der Waals surface area contributed by atoms with Gasteiger partial charge >= 0.3 is 5.97 Å². The summed E-state index contributed by atoms with van der Waals surface area (Å²) in [5, 5.41) is 0. The fourth-order valence-corrected chi connectivity index (χ4v) is 2.72. The van der Waals surface area contributed by atoms with Crippen molar-refractivity contribution < 1.29 is 19.0 Å². The Labute approximate surface area is 154 Å². The average Bonchev–Trinajstić information content (AvgIpc) is 2.97. The summed E-state index contributed by atoms with van der Waals surface area (Å²) in [6.07, 6.45) is 1.68. The summed E-state index contributed by atoms with van der Waals surface area (Å²) < 4.78 is 16.9. The number of ether oxygens (including phenoxy) is 3. The lowest BCUT2D eigenvalue weighted by atomic mass is 10.2. The van der Waals surface area contributed by atoms with Gasteiger partial charge in [0.2, 0.25) is 5.90 Å². The first-order chi connectivity index (χ1) is 12.1. The molecule has 0 amide bonds. The molecular weight excluding hydrogens is 386 g/mol. The Morgan fingerprint density at radius 2 is 1.96 bits per heavy atom. The van der Waals surface area contributed by atoms with Crippen molar-refractivity contribution in [2.24, 2.45) is 4.99 Å². The first kappa shape index (κ1) is 17.2. The van der Waals surface area contributed by atoms with Crippen molar-refractivity contribution in [2.75, 3.05) is 13.7 Å². The van der Waals surface area contributed by atoms with Gasteiger partial charge in [-0.25, -0.2) is 9.79 Å². The molecule has 0 atom stereocenters. The lowest BCUT2D eigenvalue weighted by Gasteiger charge is -2.07. The third-order valence-electron chi connectivity index (χ3n) is 3.51. The minimum atomic E-state index is -0.495. The van der Waals surface area contributed by atoms with Crippen molar-refractivity contribution in [3.63, 3.8) is 0 Å². The summed E-state index contributed by atoms with van der Waals surface area (Å²) in [7, 11) is 1.56. The SMILES string of the molecule is CCOc1ccc(/C=C2\N=C(c3cc(Br)ccc3OC)OC2=O)cc1. The van der Waals surface area contributed by atoms with Crippen LogP contribution in [0.1, 0.15) is 18.1 Å². The van der Waals surface area contributed by atoms with Gasteiger partial charge in [0, 0.05) is 4.47 Å². The summed E-state index contributed by atoms with van der Waals surface area (Å²) >= 11 is 3.40. The monoisotopic (exact) mass is 401 g/mol. The molecule has 3 rings (SSSR count). The number of halogens is 1. The van der Waals surface area contributed by atoms with Crippen LogP contribution in [0.4, 0.5) is 0 Å². The standard InChI is InChI=1S/C19H16BrNO4/c1-3-24-14-7-4-12(5-8-14)10-16-19(22)25-18(21-16)15-11-13(20)6-9-17(15)23-2/h4-11H,3H2,1-2H3/b16-10-. The molecule has 0 fully saturated rings. The van der Waals surface area contributed by atoms with E-state index in [1.54, 1.807) is 25.3 Å². The molecule has 0 aliphatic carbocycles. The maximum atomic E-state index is 12.1. The Morgan fingerprint density at radius 3 is 2.64 bits per heavy atom. The highest BCUT2D eigenvalue weighted by atomic mass is 79.9. The van der Waals surface area contributed by atoms with Crippen LogP contribution in [0.15, 0.2) is 57.6 Å². The second-order valence-electron chi connectivity index (χ2n) is 5.18. The highest BCUT2D eigenvalue weighted by Gasteiger charge is 2.26. The topological polar surface area (TPSA) is 57.1 Å². The number of aliphatic imine (C=N–C) groups is 1. The van der Waals surface area contributed by atoms with Crippen molar-refractivity contribution in [3.8, 4) is 11.5 Å². The molecule has 0 radical (unpaired) electrons. The normalized spacial score (nSPS) is 15.1. The van der Waals surface area contributed by atoms with E-state index in [0.29, 0.717) is 17.9 Å². The first-order valence-corrected chi connectivity index (χ1v) is 8.49. The number of nitrogens with zero attached hydrogens (tertiary/aromatic N) is 1. The number of esters is 1. The van der Waals surface area contributed by atoms with E-state index < -0.39 is 5.97 Å². The lowest BCUT2D eigenvalue weighted by molar-refractivity contribution is -0.129. The Kier molecular flexibility index (Phi) is 5.19. The molecule has 0 aromatic heterocycles. The molecule has 1 aliphatic rings. The smallest absolute Gasteiger partial charge is 0.363 e. The summed E-state index contributed by atoms with van der Waals surface area (Å²) in [4.78, 5) is 16.5. The van der Waals surface area contributed by atoms with Gasteiger partial charge < -0.3 is 14.2 Å². The highest BCUT2D eigenvalue weighted by Crippen LogP contribution is 2.28. The molecule has 0 N–H and O–H groups in total. The molecular formula is C19H16BrNO4. The van der Waals surface area contributed by atoms with Crippen LogP contribution in [0.3, 0.4) is 0 Å². The van der Waals surface area contributed by atoms with E-state index in [-0.39, 0.29) is 11.6 Å². The van der Waals surface area contributed by atoms with Crippen LogP contribution in [-0.4, -0.2) is 25.6 Å². The van der Waals surface area contributed by atoms with Crippen LogP contribution >= 0.6 is 15.9 Å². The zero-order valence-electron chi connectivity index (χ0n) is 13.8. The fourth-order valence-electron chi connectivity index (χ4n) is 2.36. The van der Waals surface area contributed by atoms with E-state index in [2.05, 4.69) is 20.9 Å². The minimum Gasteiger partial charge on any atom is -0.496 e. The van der Waals surface area contributed by atoms with Crippen LogP contribution in [0, 0.1) is 0 Å². The number of cyclic esters (lactones) is 1.